The summed E-state index contributed by atoms with van der Waals surface area (Å²) < 4.78 is 41.2. The van der Waals surface area contributed by atoms with Crippen LogP contribution in [0.15, 0.2) is 77.3 Å². The Kier molecular flexibility index (Phi) is 21.2. The van der Waals surface area contributed by atoms with Gasteiger partial charge >= 0.3 is 6.18 Å². The van der Waals surface area contributed by atoms with E-state index in [2.05, 4.69) is 60.4 Å². The van der Waals surface area contributed by atoms with Gasteiger partial charge in [-0.2, -0.15) is 18.3 Å². The molecule has 3 aliphatic heterocycles. The number of carbonyl (C=O) groups is 2. The number of aryl methyl sites for hydroxylation is 1. The van der Waals surface area contributed by atoms with E-state index in [9.17, 15) is 27.9 Å². The van der Waals surface area contributed by atoms with E-state index < -0.39 is 17.8 Å². The number of alkyl halides is 3. The molecule has 0 aliphatic carbocycles. The first kappa shape index (κ1) is 43.9. The number of aliphatic hydroxyl groups excluding tert-OH is 1. The van der Waals surface area contributed by atoms with Gasteiger partial charge in [0.1, 0.15) is 18.5 Å². The Labute approximate surface area is 286 Å². The number of rotatable bonds is 6. The van der Waals surface area contributed by atoms with Crippen molar-refractivity contribution in [3.8, 4) is 0 Å². The fourth-order valence-electron chi connectivity index (χ4n) is 4.35. The van der Waals surface area contributed by atoms with Gasteiger partial charge in [-0.15, -0.1) is 13.2 Å². The molecule has 0 bridgehead atoms. The summed E-state index contributed by atoms with van der Waals surface area (Å²) >= 11 is 5.52. The smallest absolute Gasteiger partial charge is 0.405 e. The molecular weight excluding hydrogens is 651 g/mol. The number of nitrogens with one attached hydrogen (secondary N) is 1. The number of nitrogens with two attached hydrogens (primary N) is 1. The highest BCUT2D eigenvalue weighted by atomic mass is 35.5. The molecule has 0 saturated carbocycles. The van der Waals surface area contributed by atoms with Crippen LogP contribution >= 0.6 is 11.6 Å². The van der Waals surface area contributed by atoms with Crippen LogP contribution in [0.5, 0.6) is 0 Å². The Morgan fingerprint density at radius 2 is 1.83 bits per heavy atom. The quantitative estimate of drug-likeness (QED) is 0.289. The van der Waals surface area contributed by atoms with Gasteiger partial charge in [0.15, 0.2) is 0 Å². The molecule has 0 spiro atoms. The molecular formula is C33H49ClF3N7O4. The van der Waals surface area contributed by atoms with Crippen LogP contribution in [0.3, 0.4) is 0 Å². The fraction of sp³-hybridized carbons (Fsp3) is 0.455. The largest absolute Gasteiger partial charge is 0.416 e. The molecule has 1 fully saturated rings. The lowest BCUT2D eigenvalue weighted by atomic mass is 10.1. The zero-order valence-corrected chi connectivity index (χ0v) is 28.8. The van der Waals surface area contributed by atoms with E-state index in [1.807, 2.05) is 11.8 Å². The number of aliphatic hydroxyl groups is 1. The number of nitrogens with zero attached hydrogens (tertiary/aromatic N) is 5. The van der Waals surface area contributed by atoms with E-state index in [1.54, 1.807) is 11.8 Å². The predicted octanol–water partition coefficient (Wildman–Crippen LogP) is 4.73. The van der Waals surface area contributed by atoms with Gasteiger partial charge in [0.25, 0.3) is 11.8 Å². The Bertz CT molecular complexity index is 1260. The maximum atomic E-state index is 12.5. The van der Waals surface area contributed by atoms with Gasteiger partial charge in [-0.25, -0.2) is 5.01 Å². The number of aliphatic imine (C=N–C) groups is 1. The Morgan fingerprint density at radius 3 is 2.27 bits per heavy atom. The topological polar surface area (TPSA) is 136 Å². The van der Waals surface area contributed by atoms with E-state index in [0.29, 0.717) is 44.1 Å². The third kappa shape index (κ3) is 14.7. The van der Waals surface area contributed by atoms with Crippen molar-refractivity contribution >= 4 is 36.9 Å². The van der Waals surface area contributed by atoms with Crippen molar-refractivity contribution in [2.75, 3.05) is 52.6 Å². The summed E-state index contributed by atoms with van der Waals surface area (Å²) in [5, 5.41) is 17.7. The maximum absolute atomic E-state index is 12.5. The molecule has 0 radical (unpaired) electrons. The monoisotopic (exact) mass is 699 g/mol. The van der Waals surface area contributed by atoms with E-state index in [-0.39, 0.29) is 16.8 Å². The predicted molar refractivity (Wildman–Crippen MR) is 186 cm³/mol. The molecule has 15 heteroatoms. The number of piperazine rings is 1. The minimum atomic E-state index is -4.31. The van der Waals surface area contributed by atoms with Crippen LogP contribution in [0.25, 0.3) is 0 Å². The Morgan fingerprint density at radius 1 is 1.23 bits per heavy atom. The van der Waals surface area contributed by atoms with E-state index in [0.717, 1.165) is 50.4 Å². The fourth-order valence-corrected chi connectivity index (χ4v) is 4.53. The lowest BCUT2D eigenvalue weighted by Crippen LogP contribution is -2.54. The molecule has 0 aromatic heterocycles. The Hall–Kier alpha value is -4.14. The highest BCUT2D eigenvalue weighted by Gasteiger charge is 2.33. The molecule has 268 valence electrons. The van der Waals surface area contributed by atoms with Gasteiger partial charge in [0, 0.05) is 43.6 Å². The highest BCUT2D eigenvalue weighted by Crippen LogP contribution is 2.31. The third-order valence-corrected chi connectivity index (χ3v) is 7.23. The summed E-state index contributed by atoms with van der Waals surface area (Å²) in [6.45, 7) is 25.9. The van der Waals surface area contributed by atoms with Crippen molar-refractivity contribution in [1.82, 2.24) is 20.1 Å². The molecule has 3 heterocycles. The average molecular weight is 700 g/mol. The normalized spacial score (nSPS) is 16.4. The molecule has 3 aliphatic rings. The number of hydrogen-bond acceptors (Lipinski definition) is 9. The number of benzene rings is 1. The van der Waals surface area contributed by atoms with Gasteiger partial charge in [-0.05, 0) is 62.9 Å². The zero-order chi connectivity index (χ0) is 36.9. The van der Waals surface area contributed by atoms with E-state index in [4.69, 9.17) is 16.3 Å². The van der Waals surface area contributed by atoms with Crippen molar-refractivity contribution in [3.05, 3.63) is 83.3 Å². The zero-order valence-electron chi connectivity index (χ0n) is 28.1. The second kappa shape index (κ2) is 23.2. The number of carbonyl (C=O) groups excluding carboxylic acids is 2. The van der Waals surface area contributed by atoms with Crippen molar-refractivity contribution < 1.29 is 32.6 Å². The van der Waals surface area contributed by atoms with Crippen molar-refractivity contribution in [2.24, 2.45) is 15.8 Å². The van der Waals surface area contributed by atoms with E-state index >= 15 is 0 Å². The average Bonchev–Trinajstić information content (AvgIpc) is 3.07. The van der Waals surface area contributed by atoms with Gasteiger partial charge in [0.2, 0.25) is 0 Å². The molecule has 4 N–H and O–H groups in total. The van der Waals surface area contributed by atoms with Crippen LogP contribution < -0.4 is 11.1 Å². The van der Waals surface area contributed by atoms with Crippen LogP contribution in [-0.4, -0.2) is 104 Å². The first-order valence-electron chi connectivity index (χ1n) is 15.1. The molecule has 11 nitrogen and oxygen atoms in total. The van der Waals surface area contributed by atoms with Gasteiger partial charge < -0.3 is 30.7 Å². The molecule has 1 saturated heterocycles. The molecule has 1 atom stereocenters. The summed E-state index contributed by atoms with van der Waals surface area (Å²) in [6, 6.07) is 3.29. The summed E-state index contributed by atoms with van der Waals surface area (Å²) in [5.74, 6) is -0.437. The number of amides is 2. The van der Waals surface area contributed by atoms with Gasteiger partial charge in [0.05, 0.1) is 25.3 Å². The lowest BCUT2D eigenvalue weighted by molar-refractivity contribution is -0.141. The third-order valence-electron chi connectivity index (χ3n) is 6.83. The second-order valence-electron chi connectivity index (χ2n) is 10.1. The second-order valence-corrected chi connectivity index (χ2v) is 10.5. The first-order chi connectivity index (χ1) is 22.7. The number of hydrogen-bond donors (Lipinski definition) is 3. The van der Waals surface area contributed by atoms with Gasteiger partial charge in [-0.3, -0.25) is 14.6 Å². The SMILES string of the molecule is C=C.C=CN.C=NCC1=CCOCC1.C=NN1CNC(CC)=C(N2CCN(C(=O)C(C)O)CC2)C1=O.Cc1ccc(C(F)(F)F)cc1Cl. The first-order valence-corrected chi connectivity index (χ1v) is 15.4. The number of halogens is 4. The standard InChI is InChI=1S/C14H23N5O3.C8H6ClF3.C7H11NO.C2H5N.C2H4/c1-4-11-12(14(22)19(15-3)9-16-11)17-5-7-18(8-6-17)13(21)10(2)20;1-5-2-3-6(4-7(5)9)8(10,11)12;1-8-6-7-2-4-9-5-3-7;1-2-3;1-2/h10,16,20H,3-9H2,1-2H3;2-4H,1H3;2H,1,3-6H2;2H,1,3H2;1-2H2. The molecule has 48 heavy (non-hydrogen) atoms. The minimum Gasteiger partial charge on any atom is -0.405 e. The van der Waals surface area contributed by atoms with Crippen molar-refractivity contribution in [2.45, 2.75) is 45.9 Å². The molecule has 4 rings (SSSR count). The molecule has 1 aromatic carbocycles. The summed E-state index contributed by atoms with van der Waals surface area (Å²) in [6.07, 6.45) is -0.219. The lowest BCUT2D eigenvalue weighted by Gasteiger charge is -2.40. The van der Waals surface area contributed by atoms with Crippen LogP contribution in [0.2, 0.25) is 5.02 Å². The van der Waals surface area contributed by atoms with Crippen LogP contribution in [0.1, 0.15) is 37.8 Å². The maximum Gasteiger partial charge on any atom is 0.416 e. The summed E-state index contributed by atoms with van der Waals surface area (Å²) in [5.41, 5.74) is 7.39. The number of hydrazone groups is 1. The van der Waals surface area contributed by atoms with Crippen molar-refractivity contribution in [1.29, 1.82) is 0 Å². The number of ether oxygens (including phenoxy) is 1. The van der Waals surface area contributed by atoms with Gasteiger partial charge in [-0.1, -0.05) is 37.2 Å². The highest BCUT2D eigenvalue weighted by molar-refractivity contribution is 6.31. The molecule has 1 aromatic rings. The van der Waals surface area contributed by atoms with Crippen molar-refractivity contribution in [3.63, 3.8) is 0 Å². The molecule has 2 amide bonds. The molecule has 1 unspecified atom stereocenters. The van der Waals surface area contributed by atoms with E-state index in [1.165, 1.54) is 29.8 Å². The summed E-state index contributed by atoms with van der Waals surface area (Å²) in [4.78, 5) is 31.7. The van der Waals surface area contributed by atoms with Crippen LogP contribution in [0.4, 0.5) is 13.2 Å². The number of allylic oxidation sites excluding steroid dienone is 1. The van der Waals surface area contributed by atoms with Crippen LogP contribution in [0, 0.1) is 6.92 Å². The Balaban J connectivity index is 0.000000712. The van der Waals surface area contributed by atoms with Crippen LogP contribution in [-0.2, 0) is 20.5 Å². The summed E-state index contributed by atoms with van der Waals surface area (Å²) in [7, 11) is 0. The minimum absolute atomic E-state index is 0.143.